The predicted octanol–water partition coefficient (Wildman–Crippen LogP) is 7.54. The highest BCUT2D eigenvalue weighted by Gasteiger charge is 2.28. The predicted molar refractivity (Wildman–Crippen MR) is 159 cm³/mol. The standard InChI is InChI=1S/C34H45NO4/c1-22-19-28(20-23(2)31(22)25-13-15-27(16-14-25)34(6,7)8)39-29(21-33(3,4)5)24-9-11-26(12-10-24)32(38)35-18-17-30(36)37/h9,11-16,19-20,24,29H,10,17-18,21H2,1-8H3,(H,35,38)(H,36,37). The molecule has 3 rings (SSSR count). The van der Waals surface area contributed by atoms with Gasteiger partial charge in [-0.15, -0.1) is 0 Å². The van der Waals surface area contributed by atoms with E-state index in [1.54, 1.807) is 0 Å². The van der Waals surface area contributed by atoms with Crippen LogP contribution in [0.5, 0.6) is 5.75 Å². The third-order valence-electron chi connectivity index (χ3n) is 7.14. The minimum atomic E-state index is -0.928. The van der Waals surface area contributed by atoms with Crippen molar-refractivity contribution in [3.63, 3.8) is 0 Å². The van der Waals surface area contributed by atoms with E-state index in [0.717, 1.165) is 12.2 Å². The molecular formula is C34H45NO4. The largest absolute Gasteiger partial charge is 0.490 e. The number of carboxylic acids is 1. The van der Waals surface area contributed by atoms with E-state index in [1.807, 2.05) is 12.2 Å². The lowest BCUT2D eigenvalue weighted by Gasteiger charge is -2.32. The van der Waals surface area contributed by atoms with E-state index in [2.05, 4.69) is 103 Å². The molecule has 0 aliphatic heterocycles. The zero-order chi connectivity index (χ0) is 29.0. The molecule has 0 saturated heterocycles. The molecule has 2 atom stereocenters. The quantitative estimate of drug-likeness (QED) is 0.350. The van der Waals surface area contributed by atoms with Gasteiger partial charge in [-0.1, -0.05) is 84.0 Å². The molecule has 1 amide bonds. The van der Waals surface area contributed by atoms with E-state index in [1.165, 1.54) is 27.8 Å². The average Bonchev–Trinajstić information content (AvgIpc) is 2.82. The lowest BCUT2D eigenvalue weighted by atomic mass is 9.81. The van der Waals surface area contributed by atoms with Gasteiger partial charge in [0.1, 0.15) is 11.9 Å². The van der Waals surface area contributed by atoms with Crippen LogP contribution in [0.1, 0.15) is 77.5 Å². The van der Waals surface area contributed by atoms with Crippen LogP contribution in [0, 0.1) is 25.2 Å². The molecule has 39 heavy (non-hydrogen) atoms. The Labute approximate surface area is 234 Å². The number of amides is 1. The summed E-state index contributed by atoms with van der Waals surface area (Å²) in [5, 5.41) is 11.5. The minimum absolute atomic E-state index is 0.0511. The number of ether oxygens (including phenoxy) is 1. The third kappa shape index (κ3) is 8.58. The molecular weight excluding hydrogens is 486 g/mol. The molecule has 0 spiro atoms. The second kappa shape index (κ2) is 12.2. The summed E-state index contributed by atoms with van der Waals surface area (Å²) >= 11 is 0. The SMILES string of the molecule is Cc1cc(OC(CC(C)(C)C)C2C=CC(C(=O)NCCC(=O)O)=CC2)cc(C)c1-c1ccc(C(C)(C)C)cc1. The molecule has 1 aliphatic rings. The summed E-state index contributed by atoms with van der Waals surface area (Å²) in [6.45, 7) is 17.7. The lowest BCUT2D eigenvalue weighted by Crippen LogP contribution is -2.32. The Hall–Kier alpha value is -3.34. The van der Waals surface area contributed by atoms with Crippen molar-refractivity contribution in [2.24, 2.45) is 11.3 Å². The van der Waals surface area contributed by atoms with E-state index in [-0.39, 0.29) is 41.7 Å². The lowest BCUT2D eigenvalue weighted by molar-refractivity contribution is -0.136. The Morgan fingerprint density at radius 2 is 1.64 bits per heavy atom. The molecule has 5 heteroatoms. The summed E-state index contributed by atoms with van der Waals surface area (Å²) in [7, 11) is 0. The highest BCUT2D eigenvalue weighted by molar-refractivity contribution is 5.96. The number of nitrogens with one attached hydrogen (secondary N) is 1. The molecule has 0 radical (unpaired) electrons. The molecule has 2 unspecified atom stereocenters. The maximum absolute atomic E-state index is 12.4. The third-order valence-corrected chi connectivity index (χ3v) is 7.14. The van der Waals surface area contributed by atoms with Gasteiger partial charge in [0.15, 0.2) is 0 Å². The molecule has 0 bridgehead atoms. The second-order valence-corrected chi connectivity index (χ2v) is 13.0. The fourth-order valence-corrected chi connectivity index (χ4v) is 5.11. The summed E-state index contributed by atoms with van der Waals surface area (Å²) in [6, 6.07) is 13.2. The van der Waals surface area contributed by atoms with Crippen molar-refractivity contribution in [1.29, 1.82) is 0 Å². The van der Waals surface area contributed by atoms with Crippen molar-refractivity contribution >= 4 is 11.9 Å². The van der Waals surface area contributed by atoms with Crippen molar-refractivity contribution in [2.45, 2.75) is 86.2 Å². The van der Waals surface area contributed by atoms with Gasteiger partial charge in [-0.3, -0.25) is 9.59 Å². The van der Waals surface area contributed by atoms with Crippen LogP contribution in [0.2, 0.25) is 0 Å². The van der Waals surface area contributed by atoms with Crippen LogP contribution < -0.4 is 10.1 Å². The molecule has 0 aromatic heterocycles. The fraction of sp³-hybridized carbons (Fsp3) is 0.471. The molecule has 2 aromatic rings. The van der Waals surface area contributed by atoms with Gasteiger partial charge in [-0.2, -0.15) is 0 Å². The van der Waals surface area contributed by atoms with E-state index in [9.17, 15) is 9.59 Å². The van der Waals surface area contributed by atoms with Gasteiger partial charge >= 0.3 is 5.97 Å². The Bertz CT molecular complexity index is 1220. The maximum Gasteiger partial charge on any atom is 0.305 e. The first-order valence-electron chi connectivity index (χ1n) is 13.9. The number of rotatable bonds is 9. The van der Waals surface area contributed by atoms with Crippen LogP contribution in [0.25, 0.3) is 11.1 Å². The zero-order valence-corrected chi connectivity index (χ0v) is 24.9. The van der Waals surface area contributed by atoms with Crippen molar-refractivity contribution in [2.75, 3.05) is 6.54 Å². The highest BCUT2D eigenvalue weighted by Crippen LogP contribution is 2.36. The molecule has 2 N–H and O–H groups in total. The minimum Gasteiger partial charge on any atom is -0.490 e. The topological polar surface area (TPSA) is 75.6 Å². The Morgan fingerprint density at radius 3 is 2.13 bits per heavy atom. The normalized spacial score (nSPS) is 16.4. The fourth-order valence-electron chi connectivity index (χ4n) is 5.11. The summed E-state index contributed by atoms with van der Waals surface area (Å²) in [4.78, 5) is 23.1. The Morgan fingerprint density at radius 1 is 1.03 bits per heavy atom. The van der Waals surface area contributed by atoms with Crippen LogP contribution in [-0.2, 0) is 15.0 Å². The van der Waals surface area contributed by atoms with E-state index >= 15 is 0 Å². The monoisotopic (exact) mass is 531 g/mol. The maximum atomic E-state index is 12.4. The van der Waals surface area contributed by atoms with Crippen LogP contribution in [0.4, 0.5) is 0 Å². The summed E-state index contributed by atoms with van der Waals surface area (Å²) < 4.78 is 6.69. The number of hydrogen-bond donors (Lipinski definition) is 2. The first-order chi connectivity index (χ1) is 18.1. The molecule has 5 nitrogen and oxygen atoms in total. The molecule has 0 heterocycles. The Balaban J connectivity index is 1.78. The van der Waals surface area contributed by atoms with Crippen LogP contribution >= 0.6 is 0 Å². The van der Waals surface area contributed by atoms with Crippen LogP contribution in [0.15, 0.2) is 60.2 Å². The smallest absolute Gasteiger partial charge is 0.305 e. The number of carbonyl (C=O) groups excluding carboxylic acids is 1. The number of aliphatic carboxylic acids is 1. The average molecular weight is 532 g/mol. The first kappa shape index (κ1) is 30.2. The van der Waals surface area contributed by atoms with Gasteiger partial charge in [-0.25, -0.2) is 0 Å². The number of benzene rings is 2. The van der Waals surface area contributed by atoms with Crippen LogP contribution in [0.3, 0.4) is 0 Å². The molecule has 1 aliphatic carbocycles. The summed E-state index contributed by atoms with van der Waals surface area (Å²) in [6.07, 6.45) is 7.24. The van der Waals surface area contributed by atoms with Gasteiger partial charge in [0, 0.05) is 18.0 Å². The highest BCUT2D eigenvalue weighted by atomic mass is 16.5. The van der Waals surface area contributed by atoms with Gasteiger partial charge in [0.05, 0.1) is 6.42 Å². The van der Waals surface area contributed by atoms with Gasteiger partial charge < -0.3 is 15.2 Å². The number of allylic oxidation sites excluding steroid dienone is 1. The number of carbonyl (C=O) groups is 2. The summed E-state index contributed by atoms with van der Waals surface area (Å²) in [5.41, 5.74) is 6.90. The van der Waals surface area contributed by atoms with Gasteiger partial charge in [0.2, 0.25) is 0 Å². The second-order valence-electron chi connectivity index (χ2n) is 13.0. The van der Waals surface area contributed by atoms with E-state index in [4.69, 9.17) is 9.84 Å². The first-order valence-corrected chi connectivity index (χ1v) is 13.9. The van der Waals surface area contributed by atoms with Gasteiger partial charge in [0.25, 0.3) is 5.91 Å². The summed E-state index contributed by atoms with van der Waals surface area (Å²) in [5.74, 6) is -0.173. The molecule has 210 valence electrons. The number of aryl methyl sites for hydroxylation is 2. The number of hydrogen-bond acceptors (Lipinski definition) is 3. The van der Waals surface area contributed by atoms with E-state index < -0.39 is 5.97 Å². The Kier molecular flexibility index (Phi) is 9.47. The molecule has 0 fully saturated rings. The molecule has 2 aromatic carbocycles. The molecule has 0 saturated carbocycles. The van der Waals surface area contributed by atoms with Crippen molar-refractivity contribution in [3.05, 3.63) is 76.9 Å². The number of carboxylic acid groups (broad SMARTS) is 1. The van der Waals surface area contributed by atoms with Crippen molar-refractivity contribution < 1.29 is 19.4 Å². The zero-order valence-electron chi connectivity index (χ0n) is 24.9. The van der Waals surface area contributed by atoms with Crippen molar-refractivity contribution in [3.8, 4) is 16.9 Å². The van der Waals surface area contributed by atoms with Crippen molar-refractivity contribution in [1.82, 2.24) is 5.32 Å². The van der Waals surface area contributed by atoms with Crippen LogP contribution in [-0.4, -0.2) is 29.6 Å². The van der Waals surface area contributed by atoms with E-state index in [0.29, 0.717) is 12.0 Å². The van der Waals surface area contributed by atoms with Gasteiger partial charge in [-0.05, 0) is 77.5 Å².